The van der Waals surface area contributed by atoms with E-state index in [-0.39, 0.29) is 11.1 Å². The lowest BCUT2D eigenvalue weighted by atomic mass is 10.1. The van der Waals surface area contributed by atoms with Gasteiger partial charge in [-0.2, -0.15) is 0 Å². The molecule has 2 aliphatic heterocycles. The van der Waals surface area contributed by atoms with E-state index in [1.807, 2.05) is 18.2 Å². The van der Waals surface area contributed by atoms with Gasteiger partial charge in [-0.25, -0.2) is 0 Å². The number of methoxy groups -OCH3 is 1. The molecular weight excluding hydrogens is 288 g/mol. The van der Waals surface area contributed by atoms with Gasteiger partial charge in [-0.1, -0.05) is 12.1 Å². The first-order valence-corrected chi connectivity index (χ1v) is 7.67. The maximum Gasteiger partial charge on any atom is 0.290 e. The van der Waals surface area contributed by atoms with Crippen LogP contribution in [0.3, 0.4) is 0 Å². The molecule has 2 heterocycles. The highest BCUT2D eigenvalue weighted by Crippen LogP contribution is 2.37. The van der Waals surface area contributed by atoms with E-state index < -0.39 is 0 Å². The molecule has 0 aliphatic carbocycles. The Bertz CT molecular complexity index is 621. The Hall–Kier alpha value is -1.95. The van der Waals surface area contributed by atoms with E-state index in [1.165, 1.54) is 0 Å². The van der Waals surface area contributed by atoms with Gasteiger partial charge in [0.15, 0.2) is 0 Å². The molecule has 1 N–H and O–H groups in total. The number of hydrogen-bond donors (Lipinski definition) is 1. The molecule has 5 nitrogen and oxygen atoms in total. The average molecular weight is 304 g/mol. The Kier molecular flexibility index (Phi) is 3.88. The summed E-state index contributed by atoms with van der Waals surface area (Å²) >= 11 is 0.935. The SMILES string of the molecule is COc1cccc(C=C2SC(=O)NC2=O)c1N1CCCC1. The molecule has 3 rings (SSSR count). The zero-order valence-electron chi connectivity index (χ0n) is 11.7. The van der Waals surface area contributed by atoms with Crippen LogP contribution in [0.25, 0.3) is 6.08 Å². The van der Waals surface area contributed by atoms with Crippen LogP contribution in [-0.2, 0) is 4.79 Å². The summed E-state index contributed by atoms with van der Waals surface area (Å²) in [4.78, 5) is 25.7. The van der Waals surface area contributed by atoms with E-state index in [0.717, 1.165) is 54.7 Å². The number of hydrogen-bond acceptors (Lipinski definition) is 5. The summed E-state index contributed by atoms with van der Waals surface area (Å²) in [6.45, 7) is 1.96. The van der Waals surface area contributed by atoms with Gasteiger partial charge in [0.25, 0.3) is 11.1 Å². The number of anilines is 1. The molecule has 110 valence electrons. The second kappa shape index (κ2) is 5.81. The first kappa shape index (κ1) is 14.0. The highest BCUT2D eigenvalue weighted by molar-refractivity contribution is 8.18. The van der Waals surface area contributed by atoms with Crippen LogP contribution in [0.1, 0.15) is 18.4 Å². The third-order valence-electron chi connectivity index (χ3n) is 3.60. The maximum absolute atomic E-state index is 11.7. The number of rotatable bonds is 3. The fraction of sp³-hybridized carbons (Fsp3) is 0.333. The van der Waals surface area contributed by atoms with Gasteiger partial charge < -0.3 is 9.64 Å². The molecule has 6 heteroatoms. The zero-order chi connectivity index (χ0) is 14.8. The molecule has 2 aliphatic rings. The molecule has 0 atom stereocenters. The number of nitrogens with zero attached hydrogens (tertiary/aromatic N) is 1. The van der Waals surface area contributed by atoms with Crippen LogP contribution in [0.2, 0.25) is 0 Å². The molecule has 0 bridgehead atoms. The highest BCUT2D eigenvalue weighted by atomic mass is 32.2. The van der Waals surface area contributed by atoms with Gasteiger partial charge in [-0.15, -0.1) is 0 Å². The minimum absolute atomic E-state index is 0.322. The number of benzene rings is 1. The monoisotopic (exact) mass is 304 g/mol. The predicted molar refractivity (Wildman–Crippen MR) is 83.5 cm³/mol. The van der Waals surface area contributed by atoms with Gasteiger partial charge in [0, 0.05) is 18.7 Å². The second-order valence-electron chi connectivity index (χ2n) is 4.94. The van der Waals surface area contributed by atoms with Crippen LogP contribution < -0.4 is 15.0 Å². The minimum atomic E-state index is -0.333. The first-order chi connectivity index (χ1) is 10.2. The molecule has 0 saturated carbocycles. The lowest BCUT2D eigenvalue weighted by molar-refractivity contribution is -0.115. The molecule has 1 aromatic carbocycles. The molecule has 2 saturated heterocycles. The van der Waals surface area contributed by atoms with E-state index in [2.05, 4.69) is 10.2 Å². The van der Waals surface area contributed by atoms with Crippen LogP contribution in [0.5, 0.6) is 5.75 Å². The fourth-order valence-corrected chi connectivity index (χ4v) is 3.34. The summed E-state index contributed by atoms with van der Waals surface area (Å²) in [5.41, 5.74) is 1.90. The van der Waals surface area contributed by atoms with E-state index in [9.17, 15) is 9.59 Å². The van der Waals surface area contributed by atoms with E-state index in [4.69, 9.17) is 4.74 Å². The number of amides is 2. The molecule has 0 unspecified atom stereocenters. The molecular formula is C15H16N2O3S. The van der Waals surface area contributed by atoms with Crippen LogP contribution in [-0.4, -0.2) is 31.3 Å². The predicted octanol–water partition coefficient (Wildman–Crippen LogP) is 2.62. The molecule has 0 aromatic heterocycles. The van der Waals surface area contributed by atoms with E-state index in [0.29, 0.717) is 4.91 Å². The number of ether oxygens (including phenoxy) is 1. The number of nitrogens with one attached hydrogen (secondary N) is 1. The summed E-state index contributed by atoms with van der Waals surface area (Å²) in [6.07, 6.45) is 4.07. The highest BCUT2D eigenvalue weighted by Gasteiger charge is 2.26. The quantitative estimate of drug-likeness (QED) is 0.870. The Balaban J connectivity index is 2.03. The molecule has 21 heavy (non-hydrogen) atoms. The summed E-state index contributed by atoms with van der Waals surface area (Å²) < 4.78 is 5.47. The maximum atomic E-state index is 11.7. The van der Waals surface area contributed by atoms with Crippen molar-refractivity contribution in [2.24, 2.45) is 0 Å². The van der Waals surface area contributed by atoms with Gasteiger partial charge >= 0.3 is 0 Å². The Morgan fingerprint density at radius 1 is 1.29 bits per heavy atom. The topological polar surface area (TPSA) is 58.6 Å². The van der Waals surface area contributed by atoms with Gasteiger partial charge in [0.1, 0.15) is 5.75 Å². The smallest absolute Gasteiger partial charge is 0.290 e. The third kappa shape index (κ3) is 2.76. The Morgan fingerprint density at radius 3 is 2.67 bits per heavy atom. The van der Waals surface area contributed by atoms with Crippen LogP contribution in [0.15, 0.2) is 23.1 Å². The van der Waals surface area contributed by atoms with Gasteiger partial charge in [-0.05, 0) is 36.7 Å². The molecule has 2 amide bonds. The average Bonchev–Trinajstić information content (AvgIpc) is 3.09. The largest absolute Gasteiger partial charge is 0.495 e. The van der Waals surface area contributed by atoms with Gasteiger partial charge in [0.2, 0.25) is 0 Å². The second-order valence-corrected chi connectivity index (χ2v) is 5.96. The van der Waals surface area contributed by atoms with Crippen molar-refractivity contribution in [1.29, 1.82) is 0 Å². The standard InChI is InChI=1S/C15H16N2O3S/c1-20-11-6-4-5-10(13(11)17-7-2-3-8-17)9-12-14(18)16-15(19)21-12/h4-6,9H,2-3,7-8H2,1H3,(H,16,18,19). The van der Waals surface area contributed by atoms with Gasteiger partial charge in [0.05, 0.1) is 17.7 Å². The summed E-state index contributed by atoms with van der Waals surface area (Å²) in [5, 5.41) is 1.95. The number of carbonyl (C=O) groups is 2. The number of imide groups is 1. The van der Waals surface area contributed by atoms with Crippen LogP contribution in [0, 0.1) is 0 Å². The normalized spacial score (nSPS) is 20.2. The van der Waals surface area contributed by atoms with Crippen molar-refractivity contribution < 1.29 is 14.3 Å². The lowest BCUT2D eigenvalue weighted by Gasteiger charge is -2.23. The number of carbonyl (C=O) groups excluding carboxylic acids is 2. The Morgan fingerprint density at radius 2 is 2.05 bits per heavy atom. The molecule has 0 radical (unpaired) electrons. The summed E-state index contributed by atoms with van der Waals surface area (Å²) in [6, 6.07) is 5.76. The van der Waals surface area contributed by atoms with Crippen molar-refractivity contribution in [3.05, 3.63) is 28.7 Å². The van der Waals surface area contributed by atoms with Crippen LogP contribution in [0.4, 0.5) is 10.5 Å². The Labute approximate surface area is 127 Å². The summed E-state index contributed by atoms with van der Waals surface area (Å²) in [7, 11) is 1.65. The van der Waals surface area contributed by atoms with Crippen molar-refractivity contribution in [2.45, 2.75) is 12.8 Å². The van der Waals surface area contributed by atoms with Crippen molar-refractivity contribution >= 4 is 34.7 Å². The van der Waals surface area contributed by atoms with Crippen LogP contribution >= 0.6 is 11.8 Å². The molecule has 0 spiro atoms. The minimum Gasteiger partial charge on any atom is -0.495 e. The number of thioether (sulfide) groups is 1. The van der Waals surface area contributed by atoms with E-state index >= 15 is 0 Å². The van der Waals surface area contributed by atoms with Crippen molar-refractivity contribution in [3.8, 4) is 5.75 Å². The molecule has 1 aromatic rings. The van der Waals surface area contributed by atoms with Crippen molar-refractivity contribution in [3.63, 3.8) is 0 Å². The fourth-order valence-electron chi connectivity index (χ4n) is 2.66. The lowest BCUT2D eigenvalue weighted by Crippen LogP contribution is -2.20. The zero-order valence-corrected chi connectivity index (χ0v) is 12.5. The first-order valence-electron chi connectivity index (χ1n) is 6.86. The third-order valence-corrected chi connectivity index (χ3v) is 4.41. The van der Waals surface area contributed by atoms with Crippen molar-refractivity contribution in [1.82, 2.24) is 5.32 Å². The molecule has 2 fully saturated rings. The summed E-state index contributed by atoms with van der Waals surface area (Å²) in [5.74, 6) is 0.459. The van der Waals surface area contributed by atoms with Gasteiger partial charge in [-0.3, -0.25) is 14.9 Å². The number of para-hydroxylation sites is 1. The van der Waals surface area contributed by atoms with Crippen molar-refractivity contribution in [2.75, 3.05) is 25.1 Å². The van der Waals surface area contributed by atoms with E-state index in [1.54, 1.807) is 13.2 Å².